The molecule has 0 unspecified atom stereocenters. The molecule has 1 aliphatic heterocycles. The molecule has 4 rings (SSSR count). The molecule has 3 aromatic carbocycles. The summed E-state index contributed by atoms with van der Waals surface area (Å²) in [5.41, 5.74) is 2.14. The number of nitrogens with one attached hydrogen (secondary N) is 1. The van der Waals surface area contributed by atoms with E-state index in [-0.39, 0.29) is 22.9 Å². The van der Waals surface area contributed by atoms with Crippen LogP contribution in [-0.4, -0.2) is 28.0 Å². The summed E-state index contributed by atoms with van der Waals surface area (Å²) < 4.78 is 6.44. The van der Waals surface area contributed by atoms with Gasteiger partial charge < -0.3 is 9.84 Å². The lowest BCUT2D eigenvalue weighted by atomic mass is 10.1. The minimum Gasteiger partial charge on any atom is -0.488 e. The van der Waals surface area contributed by atoms with Gasteiger partial charge in [0.25, 0.3) is 11.8 Å². The van der Waals surface area contributed by atoms with E-state index in [2.05, 4.69) is 21.2 Å². The van der Waals surface area contributed by atoms with Crippen LogP contribution in [0.25, 0.3) is 6.08 Å². The molecule has 0 aromatic heterocycles. The second kappa shape index (κ2) is 9.98. The van der Waals surface area contributed by atoms with Crippen molar-refractivity contribution in [2.24, 2.45) is 0 Å². The van der Waals surface area contributed by atoms with Gasteiger partial charge in [0.2, 0.25) is 0 Å². The normalized spacial score (nSPS) is 14.8. The number of halogens is 1. The number of nitrogens with zero attached hydrogens (tertiary/aromatic N) is 1. The van der Waals surface area contributed by atoms with Crippen LogP contribution >= 0.6 is 28.1 Å². The van der Waals surface area contributed by atoms with Gasteiger partial charge in [-0.25, -0.2) is 4.79 Å². The Morgan fingerprint density at radius 2 is 1.76 bits per heavy atom. The predicted octanol–water partition coefficient (Wildman–Crippen LogP) is 4.56. The van der Waals surface area contributed by atoms with Gasteiger partial charge in [-0.3, -0.25) is 19.8 Å². The average Bonchev–Trinajstić information content (AvgIpc) is 2.82. The van der Waals surface area contributed by atoms with Crippen molar-refractivity contribution in [3.63, 3.8) is 0 Å². The van der Waals surface area contributed by atoms with Crippen molar-refractivity contribution >= 4 is 62.8 Å². The molecule has 2 N–H and O–H groups in total. The van der Waals surface area contributed by atoms with Gasteiger partial charge in [-0.05, 0) is 81.7 Å². The first-order valence-corrected chi connectivity index (χ1v) is 11.2. The third kappa shape index (κ3) is 5.05. The molecule has 1 aliphatic rings. The maximum atomic E-state index is 13.1. The van der Waals surface area contributed by atoms with Crippen LogP contribution in [0.2, 0.25) is 0 Å². The minimum atomic E-state index is -0.987. The molecule has 7 nitrogen and oxygen atoms in total. The molecular weight excluding hydrogens is 520 g/mol. The van der Waals surface area contributed by atoms with E-state index in [1.54, 1.807) is 54.6 Å². The molecule has 9 heteroatoms. The average molecular weight is 537 g/mol. The summed E-state index contributed by atoms with van der Waals surface area (Å²) in [6.45, 7) is 0.239. The maximum absolute atomic E-state index is 13.1. The van der Waals surface area contributed by atoms with Crippen LogP contribution in [-0.2, 0) is 16.2 Å². The molecule has 2 amide bonds. The third-order valence-electron chi connectivity index (χ3n) is 4.98. The monoisotopic (exact) mass is 536 g/mol. The van der Waals surface area contributed by atoms with Crippen molar-refractivity contribution in [3.05, 3.63) is 99.5 Å². The predicted molar refractivity (Wildman–Crippen MR) is 135 cm³/mol. The fourth-order valence-corrected chi connectivity index (χ4v) is 4.06. The zero-order chi connectivity index (χ0) is 24.2. The summed E-state index contributed by atoms with van der Waals surface area (Å²) in [6, 6.07) is 20.4. The summed E-state index contributed by atoms with van der Waals surface area (Å²) in [7, 11) is 0. The molecule has 0 aliphatic carbocycles. The van der Waals surface area contributed by atoms with E-state index in [9.17, 15) is 14.4 Å². The first kappa shape index (κ1) is 23.3. The van der Waals surface area contributed by atoms with Gasteiger partial charge in [-0.15, -0.1) is 0 Å². The molecule has 0 bridgehead atoms. The molecule has 0 atom stereocenters. The number of carboxylic acid groups (broad SMARTS) is 1. The van der Waals surface area contributed by atoms with Crippen molar-refractivity contribution < 1.29 is 24.2 Å². The Morgan fingerprint density at radius 1 is 1.06 bits per heavy atom. The van der Waals surface area contributed by atoms with Crippen LogP contribution in [0.3, 0.4) is 0 Å². The highest BCUT2D eigenvalue weighted by molar-refractivity contribution is 9.10. The summed E-state index contributed by atoms with van der Waals surface area (Å²) >= 11 is 8.66. The number of hydrogen-bond acceptors (Lipinski definition) is 5. The maximum Gasteiger partial charge on any atom is 0.335 e. The highest BCUT2D eigenvalue weighted by Crippen LogP contribution is 2.29. The number of amides is 2. The number of thiocarbonyl (C=S) groups is 1. The second-order valence-corrected chi connectivity index (χ2v) is 8.52. The van der Waals surface area contributed by atoms with E-state index < -0.39 is 17.8 Å². The number of para-hydroxylation sites is 1. The lowest BCUT2D eigenvalue weighted by Crippen LogP contribution is -2.54. The fourth-order valence-electron chi connectivity index (χ4n) is 3.26. The third-order valence-corrected chi connectivity index (χ3v) is 5.88. The van der Waals surface area contributed by atoms with E-state index in [0.29, 0.717) is 21.5 Å². The largest absolute Gasteiger partial charge is 0.488 e. The number of hydrogen-bond donors (Lipinski definition) is 2. The zero-order valence-electron chi connectivity index (χ0n) is 17.5. The van der Waals surface area contributed by atoms with E-state index in [0.717, 1.165) is 5.56 Å². The van der Waals surface area contributed by atoms with Crippen LogP contribution in [0, 0.1) is 0 Å². The van der Waals surface area contributed by atoms with Crippen LogP contribution in [0.4, 0.5) is 5.69 Å². The Bertz CT molecular complexity index is 1320. The molecule has 0 spiro atoms. The Hall–Kier alpha value is -3.82. The Balaban J connectivity index is 1.52. The number of anilines is 1. The summed E-state index contributed by atoms with van der Waals surface area (Å²) in [5, 5.41) is 11.6. The van der Waals surface area contributed by atoms with Crippen molar-refractivity contribution in [2.45, 2.75) is 6.61 Å². The summed E-state index contributed by atoms with van der Waals surface area (Å²) in [5.74, 6) is -1.51. The van der Waals surface area contributed by atoms with Gasteiger partial charge in [-0.1, -0.05) is 36.4 Å². The first-order valence-electron chi connectivity index (χ1n) is 10.0. The minimum absolute atomic E-state index is 0.0275. The zero-order valence-corrected chi connectivity index (χ0v) is 19.9. The number of aromatic carboxylic acids is 1. The van der Waals surface area contributed by atoms with Crippen LogP contribution in [0.5, 0.6) is 5.75 Å². The fraction of sp³-hybridized carbons (Fsp3) is 0.0400. The molecule has 34 heavy (non-hydrogen) atoms. The highest BCUT2D eigenvalue weighted by atomic mass is 79.9. The Labute approximate surface area is 208 Å². The quantitative estimate of drug-likeness (QED) is 0.272. The Morgan fingerprint density at radius 3 is 2.41 bits per heavy atom. The number of rotatable bonds is 6. The van der Waals surface area contributed by atoms with Crippen LogP contribution < -0.4 is 15.0 Å². The molecule has 0 radical (unpaired) electrons. The number of carbonyl (C=O) groups excluding carboxylic acids is 2. The highest BCUT2D eigenvalue weighted by Gasteiger charge is 2.34. The summed E-state index contributed by atoms with van der Waals surface area (Å²) in [6.07, 6.45) is 1.49. The molecule has 0 saturated carbocycles. The van der Waals surface area contributed by atoms with Crippen LogP contribution in [0.15, 0.2) is 82.8 Å². The SMILES string of the molecule is O=C1NC(=S)N(c2ccccc2)C(=O)C1=Cc1ccc(OCc2ccc(C(=O)O)cc2)c(Br)c1. The summed E-state index contributed by atoms with van der Waals surface area (Å²) in [4.78, 5) is 37.8. The van der Waals surface area contributed by atoms with Crippen LogP contribution in [0.1, 0.15) is 21.5 Å². The lowest BCUT2D eigenvalue weighted by molar-refractivity contribution is -0.122. The van der Waals surface area contributed by atoms with Crippen molar-refractivity contribution in [1.29, 1.82) is 0 Å². The molecule has 3 aromatic rings. The molecular formula is C25H17BrN2O5S. The molecule has 1 fully saturated rings. The number of ether oxygens (including phenoxy) is 1. The molecule has 1 heterocycles. The van der Waals surface area contributed by atoms with Crippen molar-refractivity contribution in [2.75, 3.05) is 4.90 Å². The molecule has 170 valence electrons. The van der Waals surface area contributed by atoms with Crippen molar-refractivity contribution in [3.8, 4) is 5.75 Å². The van der Waals surface area contributed by atoms with E-state index in [4.69, 9.17) is 22.1 Å². The number of benzene rings is 3. The second-order valence-electron chi connectivity index (χ2n) is 7.27. The van der Waals surface area contributed by atoms with E-state index >= 15 is 0 Å². The van der Waals surface area contributed by atoms with Gasteiger partial charge >= 0.3 is 5.97 Å². The van der Waals surface area contributed by atoms with E-state index in [1.165, 1.54) is 23.1 Å². The van der Waals surface area contributed by atoms with Gasteiger partial charge in [0.15, 0.2) is 5.11 Å². The smallest absolute Gasteiger partial charge is 0.335 e. The molecule has 1 saturated heterocycles. The van der Waals surface area contributed by atoms with Gasteiger partial charge in [0.05, 0.1) is 15.7 Å². The number of carboxylic acids is 1. The van der Waals surface area contributed by atoms with E-state index in [1.807, 2.05) is 6.07 Å². The Kier molecular flexibility index (Phi) is 6.85. The standard InChI is InChI=1S/C25H17BrN2O5S/c26-20-13-16(8-11-21(20)33-14-15-6-9-17(10-7-15)24(31)32)12-19-22(29)27-25(34)28(23(19)30)18-4-2-1-3-5-18/h1-13H,14H2,(H,31,32)(H,27,29,34). The number of carbonyl (C=O) groups is 3. The van der Waals surface area contributed by atoms with Crippen molar-refractivity contribution in [1.82, 2.24) is 5.32 Å². The van der Waals surface area contributed by atoms with Gasteiger partial charge in [0, 0.05) is 0 Å². The van der Waals surface area contributed by atoms with Gasteiger partial charge in [0.1, 0.15) is 17.9 Å². The lowest BCUT2D eigenvalue weighted by Gasteiger charge is -2.28. The first-order chi connectivity index (χ1) is 16.3. The van der Waals surface area contributed by atoms with Gasteiger partial charge in [-0.2, -0.15) is 0 Å². The topological polar surface area (TPSA) is 95.9 Å².